The smallest absolute Gasteiger partial charge is 0.317 e. The summed E-state index contributed by atoms with van der Waals surface area (Å²) in [6, 6.07) is 7.61. The highest BCUT2D eigenvalue weighted by Crippen LogP contribution is 2.10. The van der Waals surface area contributed by atoms with Crippen molar-refractivity contribution in [2.24, 2.45) is 0 Å². The van der Waals surface area contributed by atoms with Crippen molar-refractivity contribution in [1.82, 2.24) is 10.2 Å². The molecule has 21 heavy (non-hydrogen) atoms. The monoisotopic (exact) mass is 312 g/mol. The lowest BCUT2D eigenvalue weighted by atomic mass is 10.1. The molecule has 5 heteroatoms. The zero-order valence-corrected chi connectivity index (χ0v) is 13.8. The van der Waals surface area contributed by atoms with E-state index in [4.69, 9.17) is 11.6 Å². The summed E-state index contributed by atoms with van der Waals surface area (Å²) in [7, 11) is 0. The van der Waals surface area contributed by atoms with E-state index in [-0.39, 0.29) is 6.03 Å². The van der Waals surface area contributed by atoms with E-state index < -0.39 is 5.60 Å². The van der Waals surface area contributed by atoms with Crippen LogP contribution < -0.4 is 5.32 Å². The van der Waals surface area contributed by atoms with Gasteiger partial charge in [-0.15, -0.1) is 0 Å². The Morgan fingerprint density at radius 3 is 2.48 bits per heavy atom. The van der Waals surface area contributed by atoms with Gasteiger partial charge in [-0.05, 0) is 51.3 Å². The number of hydrogen-bond acceptors (Lipinski definition) is 2. The summed E-state index contributed by atoms with van der Waals surface area (Å²) >= 11 is 5.84. The summed E-state index contributed by atoms with van der Waals surface area (Å²) in [6.45, 7) is 6.81. The minimum absolute atomic E-state index is 0.129. The largest absolute Gasteiger partial charge is 0.389 e. The van der Waals surface area contributed by atoms with Gasteiger partial charge >= 0.3 is 6.03 Å². The van der Waals surface area contributed by atoms with Crippen molar-refractivity contribution in [2.45, 2.75) is 39.2 Å². The molecule has 0 heterocycles. The van der Waals surface area contributed by atoms with Gasteiger partial charge in [0, 0.05) is 18.1 Å². The van der Waals surface area contributed by atoms with E-state index in [2.05, 4.69) is 5.32 Å². The second kappa shape index (κ2) is 8.25. The fraction of sp³-hybridized carbons (Fsp3) is 0.562. The SMILES string of the molecule is CCN(CC(C)(C)O)C(=O)NCCCc1ccc(Cl)cc1. The Hall–Kier alpha value is -1.26. The molecule has 0 radical (unpaired) electrons. The Morgan fingerprint density at radius 2 is 1.95 bits per heavy atom. The third kappa shape index (κ3) is 7.34. The second-order valence-electron chi connectivity index (χ2n) is 5.79. The van der Waals surface area contributed by atoms with Crippen LogP contribution in [-0.4, -0.2) is 41.3 Å². The minimum Gasteiger partial charge on any atom is -0.389 e. The summed E-state index contributed by atoms with van der Waals surface area (Å²) in [4.78, 5) is 13.6. The van der Waals surface area contributed by atoms with Crippen LogP contribution in [0.2, 0.25) is 5.02 Å². The molecule has 0 aliphatic rings. The van der Waals surface area contributed by atoms with Crippen LogP contribution in [0.15, 0.2) is 24.3 Å². The maximum atomic E-state index is 12.0. The lowest BCUT2D eigenvalue weighted by molar-refractivity contribution is 0.0480. The lowest BCUT2D eigenvalue weighted by Gasteiger charge is -2.28. The van der Waals surface area contributed by atoms with E-state index in [1.54, 1.807) is 18.7 Å². The first kappa shape index (κ1) is 17.8. The Labute approximate surface area is 132 Å². The molecule has 2 N–H and O–H groups in total. The van der Waals surface area contributed by atoms with Crippen LogP contribution in [0.4, 0.5) is 4.79 Å². The van der Waals surface area contributed by atoms with Crippen LogP contribution in [0.25, 0.3) is 0 Å². The molecule has 1 rings (SSSR count). The van der Waals surface area contributed by atoms with Crippen molar-refractivity contribution < 1.29 is 9.90 Å². The van der Waals surface area contributed by atoms with Gasteiger partial charge in [-0.1, -0.05) is 23.7 Å². The molecule has 0 aromatic heterocycles. The number of aryl methyl sites for hydroxylation is 1. The van der Waals surface area contributed by atoms with Crippen molar-refractivity contribution >= 4 is 17.6 Å². The molecule has 0 bridgehead atoms. The molecule has 4 nitrogen and oxygen atoms in total. The molecule has 1 aromatic rings. The first-order valence-corrected chi connectivity index (χ1v) is 7.69. The second-order valence-corrected chi connectivity index (χ2v) is 6.22. The van der Waals surface area contributed by atoms with Crippen molar-refractivity contribution in [2.75, 3.05) is 19.6 Å². The van der Waals surface area contributed by atoms with Gasteiger partial charge in [0.25, 0.3) is 0 Å². The van der Waals surface area contributed by atoms with Crippen LogP contribution in [-0.2, 0) is 6.42 Å². The molecule has 0 saturated carbocycles. The van der Waals surface area contributed by atoms with Gasteiger partial charge in [0.2, 0.25) is 0 Å². The van der Waals surface area contributed by atoms with Crippen LogP contribution in [0, 0.1) is 0 Å². The molecule has 0 unspecified atom stereocenters. The summed E-state index contributed by atoms with van der Waals surface area (Å²) < 4.78 is 0. The number of carbonyl (C=O) groups is 1. The molecule has 0 aliphatic carbocycles. The van der Waals surface area contributed by atoms with E-state index in [1.165, 1.54) is 5.56 Å². The molecular formula is C16H25ClN2O2. The Balaban J connectivity index is 2.30. The number of nitrogens with zero attached hydrogens (tertiary/aromatic N) is 1. The number of aliphatic hydroxyl groups is 1. The standard InChI is InChI=1S/C16H25ClN2O2/c1-4-19(12-16(2,3)21)15(20)18-11-5-6-13-7-9-14(17)10-8-13/h7-10,21H,4-6,11-12H2,1-3H3,(H,18,20). The van der Waals surface area contributed by atoms with Crippen LogP contribution in [0.1, 0.15) is 32.8 Å². The molecule has 118 valence electrons. The van der Waals surface area contributed by atoms with Gasteiger partial charge in [0.15, 0.2) is 0 Å². The van der Waals surface area contributed by atoms with E-state index in [0.717, 1.165) is 17.9 Å². The number of carbonyl (C=O) groups excluding carboxylic acids is 1. The summed E-state index contributed by atoms with van der Waals surface area (Å²) in [5, 5.41) is 13.4. The molecule has 0 fully saturated rings. The van der Waals surface area contributed by atoms with Gasteiger partial charge in [0.05, 0.1) is 12.1 Å². The molecular weight excluding hydrogens is 288 g/mol. The highest BCUT2D eigenvalue weighted by molar-refractivity contribution is 6.30. The van der Waals surface area contributed by atoms with Crippen molar-refractivity contribution in [3.63, 3.8) is 0 Å². The van der Waals surface area contributed by atoms with Crippen molar-refractivity contribution in [1.29, 1.82) is 0 Å². The lowest BCUT2D eigenvalue weighted by Crippen LogP contribution is -2.47. The van der Waals surface area contributed by atoms with Gasteiger partial charge in [0.1, 0.15) is 0 Å². The third-order valence-electron chi connectivity index (χ3n) is 3.08. The molecule has 0 spiro atoms. The summed E-state index contributed by atoms with van der Waals surface area (Å²) in [5.74, 6) is 0. The predicted octanol–water partition coefficient (Wildman–Crippen LogP) is 3.08. The number of amides is 2. The highest BCUT2D eigenvalue weighted by Gasteiger charge is 2.20. The first-order valence-electron chi connectivity index (χ1n) is 7.31. The zero-order chi connectivity index (χ0) is 15.9. The molecule has 1 aromatic carbocycles. The maximum Gasteiger partial charge on any atom is 0.317 e. The van der Waals surface area contributed by atoms with E-state index >= 15 is 0 Å². The number of benzene rings is 1. The maximum absolute atomic E-state index is 12.0. The number of rotatable bonds is 7. The zero-order valence-electron chi connectivity index (χ0n) is 13.0. The van der Waals surface area contributed by atoms with Crippen LogP contribution >= 0.6 is 11.6 Å². The first-order chi connectivity index (χ1) is 9.81. The van der Waals surface area contributed by atoms with Gasteiger partial charge in [-0.3, -0.25) is 0 Å². The number of urea groups is 1. The van der Waals surface area contributed by atoms with Crippen molar-refractivity contribution in [3.05, 3.63) is 34.9 Å². The van der Waals surface area contributed by atoms with Crippen molar-refractivity contribution in [3.8, 4) is 0 Å². The molecule has 0 saturated heterocycles. The number of hydrogen-bond donors (Lipinski definition) is 2. The van der Waals surface area contributed by atoms with E-state index in [9.17, 15) is 9.90 Å². The normalized spacial score (nSPS) is 11.3. The molecule has 2 amide bonds. The van der Waals surface area contributed by atoms with Crippen LogP contribution in [0.5, 0.6) is 0 Å². The number of halogens is 1. The topological polar surface area (TPSA) is 52.6 Å². The Morgan fingerprint density at radius 1 is 1.33 bits per heavy atom. The summed E-state index contributed by atoms with van der Waals surface area (Å²) in [5.41, 5.74) is 0.328. The average molecular weight is 313 g/mol. The minimum atomic E-state index is -0.878. The van der Waals surface area contributed by atoms with Gasteiger partial charge in [-0.25, -0.2) is 4.79 Å². The fourth-order valence-electron chi connectivity index (χ4n) is 2.04. The average Bonchev–Trinajstić information content (AvgIpc) is 2.41. The molecule has 0 atom stereocenters. The number of likely N-dealkylation sites (N-methyl/N-ethyl adjacent to an activating group) is 1. The Kier molecular flexibility index (Phi) is 6.99. The fourth-order valence-corrected chi connectivity index (χ4v) is 2.17. The number of nitrogens with one attached hydrogen (secondary N) is 1. The third-order valence-corrected chi connectivity index (χ3v) is 3.33. The molecule has 0 aliphatic heterocycles. The van der Waals surface area contributed by atoms with Crippen LogP contribution in [0.3, 0.4) is 0 Å². The highest BCUT2D eigenvalue weighted by atomic mass is 35.5. The quantitative estimate of drug-likeness (QED) is 0.760. The van der Waals surface area contributed by atoms with Gasteiger partial charge in [-0.2, -0.15) is 0 Å². The van der Waals surface area contributed by atoms with E-state index in [0.29, 0.717) is 19.6 Å². The summed E-state index contributed by atoms with van der Waals surface area (Å²) in [6.07, 6.45) is 1.77. The Bertz CT molecular complexity index is 441. The van der Waals surface area contributed by atoms with E-state index in [1.807, 2.05) is 31.2 Å². The predicted molar refractivity (Wildman–Crippen MR) is 86.7 cm³/mol. The van der Waals surface area contributed by atoms with Gasteiger partial charge < -0.3 is 15.3 Å².